The molecule has 7 aromatic carbocycles. The summed E-state index contributed by atoms with van der Waals surface area (Å²) < 4.78 is 2.41. The van der Waals surface area contributed by atoms with Crippen LogP contribution in [0.2, 0.25) is 0 Å². The lowest BCUT2D eigenvalue weighted by Gasteiger charge is -2.21. The van der Waals surface area contributed by atoms with Gasteiger partial charge in [0.25, 0.3) is 0 Å². The Balaban J connectivity index is 1.24. The van der Waals surface area contributed by atoms with Gasteiger partial charge in [0.1, 0.15) is 10.0 Å². The number of para-hydroxylation sites is 2. The summed E-state index contributed by atoms with van der Waals surface area (Å²) in [6.45, 7) is 0. The Morgan fingerprint density at radius 3 is 1.04 bits per heavy atom. The highest BCUT2D eigenvalue weighted by Gasteiger charge is 2.20. The standard InChI is InChI=1S/C44H28N2S2/c1-3-11-29(12-4-1)35-27-28-36(30-13-5-2-6-14-30)42(32-21-25-34(26-22-32)44-46-38-16-8-10-18-40(38)48-44)41(35)31-19-23-33(24-20-31)43-45-37-15-7-9-17-39(37)47-43/h1-28H. The first-order chi connectivity index (χ1) is 23.8. The molecule has 0 unspecified atom stereocenters. The van der Waals surface area contributed by atoms with E-state index in [1.54, 1.807) is 22.7 Å². The summed E-state index contributed by atoms with van der Waals surface area (Å²) in [5, 5.41) is 2.07. The third-order valence-electron chi connectivity index (χ3n) is 8.80. The molecule has 0 atom stereocenters. The molecule has 0 aliphatic rings. The maximum atomic E-state index is 4.93. The molecule has 4 heteroatoms. The van der Waals surface area contributed by atoms with Crippen molar-refractivity contribution < 1.29 is 0 Å². The highest BCUT2D eigenvalue weighted by molar-refractivity contribution is 7.22. The fourth-order valence-electron chi connectivity index (χ4n) is 6.47. The molecule has 9 aromatic rings. The number of hydrogen-bond donors (Lipinski definition) is 0. The molecule has 0 saturated carbocycles. The van der Waals surface area contributed by atoms with Crippen molar-refractivity contribution in [1.82, 2.24) is 9.97 Å². The number of thiazole rings is 2. The van der Waals surface area contributed by atoms with Gasteiger partial charge in [0, 0.05) is 11.1 Å². The molecule has 0 aliphatic heterocycles. The Kier molecular flexibility index (Phi) is 7.23. The summed E-state index contributed by atoms with van der Waals surface area (Å²) in [5.74, 6) is 0. The molecule has 2 nitrogen and oxygen atoms in total. The number of benzene rings is 7. The predicted octanol–water partition coefficient (Wildman–Crippen LogP) is 12.9. The molecule has 2 heterocycles. The second-order valence-corrected chi connectivity index (χ2v) is 13.8. The van der Waals surface area contributed by atoms with Crippen LogP contribution in [0.25, 0.3) is 86.1 Å². The third kappa shape index (κ3) is 5.22. The van der Waals surface area contributed by atoms with E-state index in [1.807, 2.05) is 12.1 Å². The van der Waals surface area contributed by atoms with E-state index in [-0.39, 0.29) is 0 Å². The molecule has 48 heavy (non-hydrogen) atoms. The average Bonchev–Trinajstić information content (AvgIpc) is 3.80. The van der Waals surface area contributed by atoms with E-state index in [0.29, 0.717) is 0 Å². The fourth-order valence-corrected chi connectivity index (χ4v) is 8.41. The number of rotatable bonds is 6. The van der Waals surface area contributed by atoms with Gasteiger partial charge in [-0.3, -0.25) is 0 Å². The fraction of sp³-hybridized carbons (Fsp3) is 0. The summed E-state index contributed by atoms with van der Waals surface area (Å²) in [5.41, 5.74) is 13.9. The summed E-state index contributed by atoms with van der Waals surface area (Å²) in [4.78, 5) is 9.86. The van der Waals surface area contributed by atoms with Crippen LogP contribution in [-0.2, 0) is 0 Å². The molecule has 0 N–H and O–H groups in total. The number of fused-ring (bicyclic) bond motifs is 2. The van der Waals surface area contributed by atoms with Gasteiger partial charge in [0.15, 0.2) is 0 Å². The maximum Gasteiger partial charge on any atom is 0.124 e. The van der Waals surface area contributed by atoms with Gasteiger partial charge < -0.3 is 0 Å². The van der Waals surface area contributed by atoms with Crippen LogP contribution in [0, 0.1) is 0 Å². The SMILES string of the molecule is c1ccc(-c2ccc(-c3ccccc3)c(-c3ccc(-c4nc5ccccc5s4)cc3)c2-c2ccc(-c3nc4ccccc4s3)cc2)cc1. The van der Waals surface area contributed by atoms with Gasteiger partial charge in [-0.15, -0.1) is 22.7 Å². The van der Waals surface area contributed by atoms with Crippen molar-refractivity contribution in [3.63, 3.8) is 0 Å². The molecular weight excluding hydrogens is 621 g/mol. The quantitative estimate of drug-likeness (QED) is 0.179. The van der Waals surface area contributed by atoms with Crippen LogP contribution in [0.15, 0.2) is 170 Å². The van der Waals surface area contributed by atoms with Crippen LogP contribution >= 0.6 is 22.7 Å². The average molecular weight is 649 g/mol. The summed E-state index contributed by atoms with van der Waals surface area (Å²) in [7, 11) is 0. The normalized spacial score (nSPS) is 11.3. The van der Waals surface area contributed by atoms with Crippen LogP contribution in [0.4, 0.5) is 0 Å². The summed E-state index contributed by atoms with van der Waals surface area (Å²) >= 11 is 3.47. The second kappa shape index (κ2) is 12.2. The molecule has 0 saturated heterocycles. The highest BCUT2D eigenvalue weighted by atomic mass is 32.1. The lowest BCUT2D eigenvalue weighted by Crippen LogP contribution is -1.95. The van der Waals surface area contributed by atoms with Crippen LogP contribution in [0.3, 0.4) is 0 Å². The summed E-state index contributed by atoms with van der Waals surface area (Å²) in [6.07, 6.45) is 0. The molecule has 0 radical (unpaired) electrons. The van der Waals surface area contributed by atoms with Crippen molar-refractivity contribution in [2.45, 2.75) is 0 Å². The van der Waals surface area contributed by atoms with Crippen molar-refractivity contribution in [1.29, 1.82) is 0 Å². The minimum Gasteiger partial charge on any atom is -0.236 e. The lowest BCUT2D eigenvalue weighted by atomic mass is 9.82. The van der Waals surface area contributed by atoms with Crippen molar-refractivity contribution in [2.75, 3.05) is 0 Å². The molecule has 9 rings (SSSR count). The molecular formula is C44H28N2S2. The van der Waals surface area contributed by atoms with E-state index in [2.05, 4.69) is 158 Å². The van der Waals surface area contributed by atoms with Crippen molar-refractivity contribution in [3.05, 3.63) is 170 Å². The van der Waals surface area contributed by atoms with Crippen LogP contribution in [0.5, 0.6) is 0 Å². The molecule has 226 valence electrons. The number of aromatic nitrogens is 2. The van der Waals surface area contributed by atoms with Gasteiger partial charge in [-0.1, -0.05) is 146 Å². The van der Waals surface area contributed by atoms with E-state index in [0.717, 1.165) is 32.2 Å². The monoisotopic (exact) mass is 648 g/mol. The Morgan fingerprint density at radius 2 is 0.646 bits per heavy atom. The second-order valence-electron chi connectivity index (χ2n) is 11.8. The minimum absolute atomic E-state index is 1.04. The minimum atomic E-state index is 1.04. The van der Waals surface area contributed by atoms with Gasteiger partial charge in [-0.25, -0.2) is 9.97 Å². The predicted molar refractivity (Wildman–Crippen MR) is 205 cm³/mol. The molecule has 0 fully saturated rings. The highest BCUT2D eigenvalue weighted by Crippen LogP contribution is 2.46. The Bertz CT molecular complexity index is 2280. The molecule has 0 aliphatic carbocycles. The topological polar surface area (TPSA) is 25.8 Å². The molecule has 0 spiro atoms. The van der Waals surface area contributed by atoms with Crippen molar-refractivity contribution >= 4 is 43.1 Å². The Morgan fingerprint density at radius 1 is 0.292 bits per heavy atom. The van der Waals surface area contributed by atoms with Gasteiger partial charge in [0.05, 0.1) is 20.4 Å². The summed E-state index contributed by atoms with van der Waals surface area (Å²) in [6, 6.07) is 60.6. The van der Waals surface area contributed by atoms with Crippen LogP contribution in [0.1, 0.15) is 0 Å². The van der Waals surface area contributed by atoms with Gasteiger partial charge in [-0.2, -0.15) is 0 Å². The molecule has 0 amide bonds. The van der Waals surface area contributed by atoms with Gasteiger partial charge in [0.2, 0.25) is 0 Å². The number of hydrogen-bond acceptors (Lipinski definition) is 4. The first-order valence-corrected chi connectivity index (χ1v) is 17.6. The van der Waals surface area contributed by atoms with Crippen molar-refractivity contribution in [2.24, 2.45) is 0 Å². The lowest BCUT2D eigenvalue weighted by molar-refractivity contribution is 1.47. The van der Waals surface area contributed by atoms with E-state index >= 15 is 0 Å². The van der Waals surface area contributed by atoms with Crippen LogP contribution < -0.4 is 0 Å². The van der Waals surface area contributed by atoms with E-state index < -0.39 is 0 Å². The maximum absolute atomic E-state index is 4.93. The van der Waals surface area contributed by atoms with E-state index in [4.69, 9.17) is 9.97 Å². The third-order valence-corrected chi connectivity index (χ3v) is 11.0. The first-order valence-electron chi connectivity index (χ1n) is 16.0. The zero-order chi connectivity index (χ0) is 31.9. The first kappa shape index (κ1) is 28.5. The smallest absolute Gasteiger partial charge is 0.124 e. The largest absolute Gasteiger partial charge is 0.236 e. The van der Waals surface area contributed by atoms with Crippen LogP contribution in [-0.4, -0.2) is 9.97 Å². The Labute approximate surface area is 287 Å². The number of nitrogens with zero attached hydrogens (tertiary/aromatic N) is 2. The molecule has 2 aromatic heterocycles. The zero-order valence-corrected chi connectivity index (χ0v) is 27.5. The zero-order valence-electron chi connectivity index (χ0n) is 25.9. The van der Waals surface area contributed by atoms with E-state index in [1.165, 1.54) is 53.9 Å². The van der Waals surface area contributed by atoms with E-state index in [9.17, 15) is 0 Å². The Hall–Kier alpha value is -5.68. The van der Waals surface area contributed by atoms with Gasteiger partial charge in [-0.05, 0) is 68.8 Å². The molecule has 0 bridgehead atoms. The van der Waals surface area contributed by atoms with Gasteiger partial charge >= 0.3 is 0 Å². The van der Waals surface area contributed by atoms with Crippen molar-refractivity contribution in [3.8, 4) is 65.6 Å².